The van der Waals surface area contributed by atoms with E-state index in [1.165, 1.54) is 10.5 Å². The van der Waals surface area contributed by atoms with Gasteiger partial charge in [-0.3, -0.25) is 4.90 Å². The quantitative estimate of drug-likeness (QED) is 0.245. The molecule has 1 saturated heterocycles. The monoisotopic (exact) mass is 506 g/mol. The zero-order valence-corrected chi connectivity index (χ0v) is 20.2. The van der Waals surface area contributed by atoms with E-state index < -0.39 is 0 Å². The van der Waals surface area contributed by atoms with Gasteiger partial charge < -0.3 is 15.4 Å². The summed E-state index contributed by atoms with van der Waals surface area (Å²) in [5.74, 6) is 1.55. The van der Waals surface area contributed by atoms with E-state index in [9.17, 15) is 0 Å². The Morgan fingerprint density at radius 2 is 2.04 bits per heavy atom. The van der Waals surface area contributed by atoms with Crippen molar-refractivity contribution >= 4 is 41.7 Å². The molecule has 1 atom stereocenters. The van der Waals surface area contributed by atoms with Gasteiger partial charge in [-0.25, -0.2) is 4.99 Å². The van der Waals surface area contributed by atoms with Gasteiger partial charge in [0, 0.05) is 37.6 Å². The molecule has 0 spiro atoms. The number of halogens is 1. The smallest absolute Gasteiger partial charge is 0.191 e. The Bertz CT molecular complexity index is 553. The van der Waals surface area contributed by atoms with Gasteiger partial charge in [-0.15, -0.1) is 35.7 Å². The van der Waals surface area contributed by atoms with E-state index in [-0.39, 0.29) is 30.1 Å². The molecule has 0 aliphatic carbocycles. The second-order valence-corrected chi connectivity index (χ2v) is 7.95. The number of nitrogens with zero attached hydrogens (tertiary/aromatic N) is 2. The Hall–Kier alpha value is -0.510. The molecular weight excluding hydrogens is 471 g/mol. The van der Waals surface area contributed by atoms with Crippen molar-refractivity contribution in [1.29, 1.82) is 0 Å². The number of rotatable bonds is 8. The van der Waals surface area contributed by atoms with Gasteiger partial charge in [0.05, 0.1) is 19.3 Å². The van der Waals surface area contributed by atoms with Crippen LogP contribution in [-0.2, 0) is 11.3 Å². The third kappa shape index (κ3) is 9.49. The summed E-state index contributed by atoms with van der Waals surface area (Å²) in [6.07, 6.45) is 2.31. The topological polar surface area (TPSA) is 48.9 Å². The highest BCUT2D eigenvalue weighted by Gasteiger charge is 2.21. The third-order valence-corrected chi connectivity index (χ3v) is 5.01. The first-order valence-electron chi connectivity index (χ1n) is 9.59. The Morgan fingerprint density at radius 3 is 2.67 bits per heavy atom. The summed E-state index contributed by atoms with van der Waals surface area (Å²) in [5.41, 5.74) is 1.22. The number of aliphatic imine (C=N–C) groups is 1. The fourth-order valence-corrected chi connectivity index (χ4v) is 3.45. The fraction of sp³-hybridized carbons (Fsp3) is 0.650. The average Bonchev–Trinajstić information content (AvgIpc) is 2.64. The summed E-state index contributed by atoms with van der Waals surface area (Å²) in [7, 11) is 0. The summed E-state index contributed by atoms with van der Waals surface area (Å²) < 4.78 is 5.92. The predicted octanol–water partition coefficient (Wildman–Crippen LogP) is 3.44. The average molecular weight is 506 g/mol. The molecule has 0 saturated carbocycles. The Morgan fingerprint density at radius 1 is 1.30 bits per heavy atom. The van der Waals surface area contributed by atoms with Crippen molar-refractivity contribution < 1.29 is 4.74 Å². The zero-order chi connectivity index (χ0) is 18.8. The van der Waals surface area contributed by atoms with E-state index in [2.05, 4.69) is 66.8 Å². The summed E-state index contributed by atoms with van der Waals surface area (Å²) in [6.45, 7) is 12.9. The van der Waals surface area contributed by atoms with Crippen LogP contribution in [0.15, 0.2) is 34.2 Å². The SMILES string of the molecule is CCNC(=NCc1ccc(SC)cc1)NCC1CN(CC(C)C)CCO1.I. The molecule has 0 bridgehead atoms. The lowest BCUT2D eigenvalue weighted by atomic mass is 10.2. The highest BCUT2D eigenvalue weighted by Crippen LogP contribution is 2.15. The molecule has 2 N–H and O–H groups in total. The minimum Gasteiger partial charge on any atom is -0.374 e. The number of morpholine rings is 1. The molecule has 0 aromatic heterocycles. The van der Waals surface area contributed by atoms with Crippen LogP contribution in [0.5, 0.6) is 0 Å². The van der Waals surface area contributed by atoms with Gasteiger partial charge in [-0.1, -0.05) is 26.0 Å². The standard InChI is InChI=1S/C20H34N4OS.HI/c1-5-21-20(22-12-17-6-8-19(26-4)9-7-17)23-13-18-15-24(10-11-25-18)14-16(2)3;/h6-9,16,18H,5,10-15H2,1-4H3,(H2,21,22,23);1H. The van der Waals surface area contributed by atoms with Crippen molar-refractivity contribution in [2.24, 2.45) is 10.9 Å². The molecule has 1 aliphatic heterocycles. The maximum absolute atomic E-state index is 5.92. The summed E-state index contributed by atoms with van der Waals surface area (Å²) in [4.78, 5) is 8.49. The number of guanidine groups is 1. The van der Waals surface area contributed by atoms with E-state index in [0.29, 0.717) is 12.5 Å². The lowest BCUT2D eigenvalue weighted by molar-refractivity contribution is -0.0284. The van der Waals surface area contributed by atoms with Gasteiger partial charge in [0.15, 0.2) is 5.96 Å². The van der Waals surface area contributed by atoms with Crippen LogP contribution in [0.1, 0.15) is 26.3 Å². The van der Waals surface area contributed by atoms with Gasteiger partial charge in [0.1, 0.15) is 0 Å². The first kappa shape index (κ1) is 24.5. The van der Waals surface area contributed by atoms with Crippen molar-refractivity contribution in [1.82, 2.24) is 15.5 Å². The molecule has 7 heteroatoms. The second-order valence-electron chi connectivity index (χ2n) is 7.07. The van der Waals surface area contributed by atoms with Crippen LogP contribution in [0.3, 0.4) is 0 Å². The zero-order valence-electron chi connectivity index (χ0n) is 17.0. The van der Waals surface area contributed by atoms with E-state index in [1.54, 1.807) is 11.8 Å². The molecule has 0 radical (unpaired) electrons. The molecule has 1 unspecified atom stereocenters. The maximum atomic E-state index is 5.92. The van der Waals surface area contributed by atoms with Crippen LogP contribution in [-0.4, -0.2) is 62.5 Å². The fourth-order valence-electron chi connectivity index (χ4n) is 3.04. The molecule has 1 heterocycles. The Balaban J connectivity index is 0.00000364. The van der Waals surface area contributed by atoms with E-state index in [0.717, 1.165) is 45.3 Å². The van der Waals surface area contributed by atoms with Gasteiger partial charge in [-0.2, -0.15) is 0 Å². The maximum Gasteiger partial charge on any atom is 0.191 e. The Labute approximate surface area is 186 Å². The molecule has 1 fully saturated rings. The molecule has 5 nitrogen and oxygen atoms in total. The van der Waals surface area contributed by atoms with Gasteiger partial charge in [-0.05, 0) is 36.8 Å². The molecule has 27 heavy (non-hydrogen) atoms. The molecule has 1 aromatic carbocycles. The van der Waals surface area contributed by atoms with Crippen LogP contribution in [0.25, 0.3) is 0 Å². The molecule has 154 valence electrons. The van der Waals surface area contributed by atoms with Crippen molar-refractivity contribution in [3.05, 3.63) is 29.8 Å². The normalized spacial score (nSPS) is 18.3. The molecular formula is C20H35IN4OS. The number of ether oxygens (including phenoxy) is 1. The summed E-state index contributed by atoms with van der Waals surface area (Å²) >= 11 is 1.76. The Kier molecular flexibility index (Phi) is 12.4. The van der Waals surface area contributed by atoms with Gasteiger partial charge in [0.25, 0.3) is 0 Å². The largest absolute Gasteiger partial charge is 0.374 e. The highest BCUT2D eigenvalue weighted by atomic mass is 127. The van der Waals surface area contributed by atoms with Gasteiger partial charge >= 0.3 is 0 Å². The minimum absolute atomic E-state index is 0. The third-order valence-electron chi connectivity index (χ3n) is 4.27. The van der Waals surface area contributed by atoms with Crippen molar-refractivity contribution in [3.63, 3.8) is 0 Å². The lowest BCUT2D eigenvalue weighted by Gasteiger charge is -2.34. The minimum atomic E-state index is 0. The number of thioether (sulfide) groups is 1. The molecule has 0 amide bonds. The van der Waals surface area contributed by atoms with Crippen molar-refractivity contribution in [2.45, 2.75) is 38.3 Å². The number of nitrogens with one attached hydrogen (secondary N) is 2. The van der Waals surface area contributed by atoms with Crippen LogP contribution in [0.2, 0.25) is 0 Å². The van der Waals surface area contributed by atoms with Crippen LogP contribution in [0, 0.1) is 5.92 Å². The number of hydrogen-bond donors (Lipinski definition) is 2. The molecule has 2 rings (SSSR count). The molecule has 1 aliphatic rings. The van der Waals surface area contributed by atoms with Crippen LogP contribution in [0.4, 0.5) is 0 Å². The predicted molar refractivity (Wildman–Crippen MR) is 127 cm³/mol. The van der Waals surface area contributed by atoms with Crippen LogP contribution >= 0.6 is 35.7 Å². The lowest BCUT2D eigenvalue weighted by Crippen LogP contribution is -2.50. The molecule has 1 aromatic rings. The van der Waals surface area contributed by atoms with E-state index >= 15 is 0 Å². The van der Waals surface area contributed by atoms with Crippen molar-refractivity contribution in [2.75, 3.05) is 45.6 Å². The number of hydrogen-bond acceptors (Lipinski definition) is 4. The van der Waals surface area contributed by atoms with Gasteiger partial charge in [0.2, 0.25) is 0 Å². The second kappa shape index (κ2) is 13.6. The number of benzene rings is 1. The van der Waals surface area contributed by atoms with Crippen molar-refractivity contribution in [3.8, 4) is 0 Å². The van der Waals surface area contributed by atoms with Crippen LogP contribution < -0.4 is 10.6 Å². The highest BCUT2D eigenvalue weighted by molar-refractivity contribution is 14.0. The summed E-state index contributed by atoms with van der Waals surface area (Å²) in [6, 6.07) is 8.59. The van der Waals surface area contributed by atoms with E-state index in [4.69, 9.17) is 9.73 Å². The van der Waals surface area contributed by atoms with E-state index in [1.807, 2.05) is 0 Å². The summed E-state index contributed by atoms with van der Waals surface area (Å²) in [5, 5.41) is 6.76. The first-order chi connectivity index (χ1) is 12.6. The first-order valence-corrected chi connectivity index (χ1v) is 10.8.